The molecule has 4 aromatic rings. The van der Waals surface area contributed by atoms with Gasteiger partial charge < -0.3 is 31.0 Å². The largest absolute Gasteiger partial charge is 0.451 e. The first-order valence-corrected chi connectivity index (χ1v) is 13.9. The van der Waals surface area contributed by atoms with Crippen molar-refractivity contribution >= 4 is 33.3 Å². The van der Waals surface area contributed by atoms with Gasteiger partial charge in [-0.15, -0.1) is 0 Å². The maximum Gasteiger partial charge on any atom is 0.256 e. The zero-order valence-corrected chi connectivity index (χ0v) is 22.5. The third kappa shape index (κ3) is 4.33. The summed E-state index contributed by atoms with van der Waals surface area (Å²) in [6, 6.07) is 12.9. The van der Waals surface area contributed by atoms with Crippen molar-refractivity contribution in [1.82, 2.24) is 9.88 Å². The van der Waals surface area contributed by atoms with Crippen LogP contribution in [-0.2, 0) is 0 Å². The molecule has 3 heterocycles. The molecule has 0 radical (unpaired) electrons. The molecule has 8 nitrogen and oxygen atoms in total. The summed E-state index contributed by atoms with van der Waals surface area (Å²) in [7, 11) is 0. The Hall–Kier alpha value is -4.63. The van der Waals surface area contributed by atoms with E-state index in [0.29, 0.717) is 43.0 Å². The first-order chi connectivity index (χ1) is 19.9. The minimum atomic E-state index is -0.580. The summed E-state index contributed by atoms with van der Waals surface area (Å²) >= 11 is 0. The van der Waals surface area contributed by atoms with Gasteiger partial charge in [0, 0.05) is 37.6 Å². The number of hydrogen-bond donors (Lipinski definition) is 3. The summed E-state index contributed by atoms with van der Waals surface area (Å²) < 4.78 is 24.1. The molecule has 1 atom stereocenters. The number of nitrogens with two attached hydrogens (primary N) is 2. The van der Waals surface area contributed by atoms with Gasteiger partial charge in [0.05, 0.1) is 11.1 Å². The molecule has 1 aliphatic carbocycles. The number of rotatable bonds is 5. The standard InChI is InChI=1S/C32H30FN5O3/c33-25-15-23-28-31(29(25)37-12-10-22(35)16-37)41-27-14-20-4-2-1-3-19(20)13-26(27)38(28)17-24(30(23)39)32(40)36-11-9-18-5-7-21(34)8-6-18/h1-5,7,13-15,17,22H,6,8-12,16,34-35H2,(H,36,40). The Morgan fingerprint density at radius 2 is 1.93 bits per heavy atom. The van der Waals surface area contributed by atoms with Crippen LogP contribution in [0, 0.1) is 5.82 Å². The van der Waals surface area contributed by atoms with Crippen LogP contribution in [0.25, 0.3) is 27.4 Å². The van der Waals surface area contributed by atoms with Crippen molar-refractivity contribution in [2.24, 2.45) is 11.5 Å². The molecule has 1 amide bonds. The molecule has 0 bridgehead atoms. The maximum atomic E-state index is 15.8. The van der Waals surface area contributed by atoms with E-state index in [1.807, 2.05) is 53.5 Å². The molecule has 41 heavy (non-hydrogen) atoms. The Bertz CT molecular complexity index is 1880. The smallest absolute Gasteiger partial charge is 0.256 e. The maximum absolute atomic E-state index is 15.8. The predicted octanol–water partition coefficient (Wildman–Crippen LogP) is 4.61. The van der Waals surface area contributed by atoms with Crippen molar-refractivity contribution < 1.29 is 13.9 Å². The molecule has 5 N–H and O–H groups in total. The Kier molecular flexibility index (Phi) is 6.04. The number of hydrogen-bond acceptors (Lipinski definition) is 6. The quantitative estimate of drug-likeness (QED) is 0.294. The number of ether oxygens (including phenoxy) is 1. The molecule has 1 aromatic heterocycles. The Labute approximate surface area is 235 Å². The van der Waals surface area contributed by atoms with Gasteiger partial charge in [-0.05, 0) is 60.7 Å². The van der Waals surface area contributed by atoms with E-state index in [-0.39, 0.29) is 28.4 Å². The minimum Gasteiger partial charge on any atom is -0.451 e. The first-order valence-electron chi connectivity index (χ1n) is 13.9. The topological polar surface area (TPSA) is 116 Å². The zero-order valence-electron chi connectivity index (χ0n) is 22.5. The highest BCUT2D eigenvalue weighted by Gasteiger charge is 2.33. The number of nitrogens with zero attached hydrogens (tertiary/aromatic N) is 2. The molecule has 1 fully saturated rings. The predicted molar refractivity (Wildman–Crippen MR) is 158 cm³/mol. The monoisotopic (exact) mass is 551 g/mol. The van der Waals surface area contributed by atoms with Gasteiger partial charge in [0.15, 0.2) is 17.3 Å². The molecule has 0 spiro atoms. The number of aromatic nitrogens is 1. The average molecular weight is 552 g/mol. The van der Waals surface area contributed by atoms with Crippen LogP contribution in [0.5, 0.6) is 11.5 Å². The van der Waals surface area contributed by atoms with Crippen molar-refractivity contribution in [2.75, 3.05) is 24.5 Å². The number of carbonyl (C=O) groups excluding carboxylic acids is 1. The van der Waals surface area contributed by atoms with Gasteiger partial charge in [-0.1, -0.05) is 35.9 Å². The van der Waals surface area contributed by atoms with E-state index in [4.69, 9.17) is 16.2 Å². The van der Waals surface area contributed by atoms with Crippen molar-refractivity contribution in [1.29, 1.82) is 0 Å². The molecule has 1 saturated heterocycles. The van der Waals surface area contributed by atoms with Crippen LogP contribution >= 0.6 is 0 Å². The molecular formula is C32H30FN5O3. The number of allylic oxidation sites excluding steroid dienone is 3. The molecule has 2 aliphatic heterocycles. The lowest BCUT2D eigenvalue weighted by molar-refractivity contribution is 0.0952. The molecule has 0 saturated carbocycles. The number of benzene rings is 3. The van der Waals surface area contributed by atoms with Crippen LogP contribution in [-0.4, -0.2) is 36.2 Å². The van der Waals surface area contributed by atoms with E-state index in [9.17, 15) is 9.59 Å². The number of nitrogens with one attached hydrogen (secondary N) is 1. The van der Waals surface area contributed by atoms with Gasteiger partial charge in [-0.3, -0.25) is 9.59 Å². The van der Waals surface area contributed by atoms with E-state index >= 15 is 4.39 Å². The molecule has 7 rings (SSSR count). The molecule has 9 heteroatoms. The third-order valence-electron chi connectivity index (χ3n) is 8.25. The highest BCUT2D eigenvalue weighted by atomic mass is 19.1. The van der Waals surface area contributed by atoms with Crippen LogP contribution in [0.4, 0.5) is 10.1 Å². The van der Waals surface area contributed by atoms with Gasteiger partial charge in [-0.2, -0.15) is 0 Å². The van der Waals surface area contributed by atoms with E-state index in [1.54, 1.807) is 10.8 Å². The fraction of sp³-hybridized carbons (Fsp3) is 0.250. The van der Waals surface area contributed by atoms with Crippen LogP contribution in [0.1, 0.15) is 36.0 Å². The Morgan fingerprint density at radius 1 is 1.12 bits per heavy atom. The second-order valence-electron chi connectivity index (χ2n) is 11.0. The highest BCUT2D eigenvalue weighted by molar-refractivity contribution is 6.02. The normalized spacial score (nSPS) is 17.7. The summed E-state index contributed by atoms with van der Waals surface area (Å²) in [6.07, 6.45) is 8.45. The van der Waals surface area contributed by atoms with Gasteiger partial charge in [0.2, 0.25) is 5.43 Å². The van der Waals surface area contributed by atoms with Crippen molar-refractivity contribution in [3.05, 3.63) is 93.7 Å². The number of pyridine rings is 1. The third-order valence-corrected chi connectivity index (χ3v) is 8.25. The number of anilines is 1. The van der Waals surface area contributed by atoms with E-state index < -0.39 is 17.2 Å². The molecule has 3 aliphatic rings. The highest BCUT2D eigenvalue weighted by Crippen LogP contribution is 2.48. The van der Waals surface area contributed by atoms with Crippen LogP contribution in [0.3, 0.4) is 0 Å². The van der Waals surface area contributed by atoms with E-state index in [0.717, 1.165) is 35.7 Å². The molecular weight excluding hydrogens is 521 g/mol. The van der Waals surface area contributed by atoms with Crippen LogP contribution < -0.4 is 31.8 Å². The second-order valence-corrected chi connectivity index (χ2v) is 11.0. The summed E-state index contributed by atoms with van der Waals surface area (Å²) in [4.78, 5) is 29.0. The van der Waals surface area contributed by atoms with E-state index in [1.165, 1.54) is 11.6 Å². The lowest BCUT2D eigenvalue weighted by atomic mass is 10.00. The number of carbonyl (C=O) groups is 1. The Balaban J connectivity index is 1.36. The number of fused-ring (bicyclic) bond motifs is 3. The summed E-state index contributed by atoms with van der Waals surface area (Å²) in [5.74, 6) is -0.307. The van der Waals surface area contributed by atoms with Crippen LogP contribution in [0.2, 0.25) is 0 Å². The second kappa shape index (κ2) is 9.78. The first kappa shape index (κ1) is 25.3. The van der Waals surface area contributed by atoms with Gasteiger partial charge in [0.25, 0.3) is 5.91 Å². The van der Waals surface area contributed by atoms with Gasteiger partial charge in [-0.25, -0.2) is 4.39 Å². The van der Waals surface area contributed by atoms with Crippen molar-refractivity contribution in [3.63, 3.8) is 0 Å². The van der Waals surface area contributed by atoms with Crippen molar-refractivity contribution in [3.8, 4) is 17.2 Å². The fourth-order valence-electron chi connectivity index (χ4n) is 6.07. The molecule has 1 unspecified atom stereocenters. The summed E-state index contributed by atoms with van der Waals surface area (Å²) in [5.41, 5.74) is 14.8. The van der Waals surface area contributed by atoms with E-state index in [2.05, 4.69) is 5.32 Å². The molecule has 208 valence electrons. The number of amides is 1. The van der Waals surface area contributed by atoms with Gasteiger partial charge >= 0.3 is 0 Å². The SMILES string of the molecule is NC1=CC=C(CCNC(=O)c2cn3c4c(c(N5CCC(N)C5)c(F)cc4c2=O)Oc2cc4ccccc4cc2-3)CC1. The Morgan fingerprint density at radius 3 is 2.66 bits per heavy atom. The van der Waals surface area contributed by atoms with Crippen molar-refractivity contribution in [2.45, 2.75) is 31.7 Å². The minimum absolute atomic E-state index is 0.0541. The fourth-order valence-corrected chi connectivity index (χ4v) is 6.07. The number of halogens is 1. The summed E-state index contributed by atoms with van der Waals surface area (Å²) in [5, 5.41) is 4.90. The average Bonchev–Trinajstić information content (AvgIpc) is 3.39. The molecule has 3 aromatic carbocycles. The summed E-state index contributed by atoms with van der Waals surface area (Å²) in [6.45, 7) is 1.43. The lowest BCUT2D eigenvalue weighted by Crippen LogP contribution is -2.31. The zero-order chi connectivity index (χ0) is 28.2. The lowest BCUT2D eigenvalue weighted by Gasteiger charge is -2.29. The van der Waals surface area contributed by atoms with Crippen LogP contribution in [0.15, 0.2) is 76.9 Å². The van der Waals surface area contributed by atoms with Gasteiger partial charge in [0.1, 0.15) is 16.8 Å².